The van der Waals surface area contributed by atoms with Crippen LogP contribution in [0.1, 0.15) is 23.1 Å². The lowest BCUT2D eigenvalue weighted by Crippen LogP contribution is -2.21. The van der Waals surface area contributed by atoms with E-state index in [0.29, 0.717) is 31.4 Å². The van der Waals surface area contributed by atoms with Gasteiger partial charge < -0.3 is 14.4 Å². The highest BCUT2D eigenvalue weighted by Gasteiger charge is 2.32. The zero-order chi connectivity index (χ0) is 15.5. The zero-order valence-corrected chi connectivity index (χ0v) is 12.8. The number of hydrogen-bond donors (Lipinski definition) is 2. The summed E-state index contributed by atoms with van der Waals surface area (Å²) >= 11 is 0. The molecule has 1 saturated heterocycles. The third kappa shape index (κ3) is 3.52. The van der Waals surface area contributed by atoms with Gasteiger partial charge in [0.1, 0.15) is 6.61 Å². The maximum Gasteiger partial charge on any atom is 0.240 e. The first-order valence-corrected chi connectivity index (χ1v) is 7.35. The van der Waals surface area contributed by atoms with Crippen LogP contribution in [0.15, 0.2) is 10.6 Å². The Balaban J connectivity index is 1.55. The second-order valence-electron chi connectivity index (χ2n) is 5.81. The van der Waals surface area contributed by atoms with Gasteiger partial charge in [0.05, 0.1) is 18.3 Å². The average Bonchev–Trinajstić information content (AvgIpc) is 3.15. The van der Waals surface area contributed by atoms with Gasteiger partial charge in [-0.3, -0.25) is 10.00 Å². The van der Waals surface area contributed by atoms with Gasteiger partial charge in [-0.25, -0.2) is 0 Å². The number of aryl methyl sites for hydroxylation is 1. The number of aliphatic hydroxyl groups excluding tert-OH is 1. The molecule has 2 aromatic heterocycles. The number of nitrogens with zero attached hydrogens (tertiary/aromatic N) is 4. The fourth-order valence-corrected chi connectivity index (χ4v) is 2.85. The number of ether oxygens (including phenoxy) is 1. The Labute approximate surface area is 128 Å². The molecule has 0 aliphatic carbocycles. The fraction of sp³-hybridized carbons (Fsp3) is 0.643. The zero-order valence-electron chi connectivity index (χ0n) is 12.8. The number of β-amino-alcohol motifs (C(OH)–C–C–N with tert-alkyl or cyclic N) is 1. The van der Waals surface area contributed by atoms with Crippen LogP contribution >= 0.6 is 0 Å². The van der Waals surface area contributed by atoms with E-state index in [1.807, 2.05) is 13.0 Å². The molecule has 0 amide bonds. The fourth-order valence-electron chi connectivity index (χ4n) is 2.85. The van der Waals surface area contributed by atoms with Crippen molar-refractivity contribution >= 4 is 0 Å². The average molecular weight is 307 g/mol. The number of rotatable bonds is 6. The van der Waals surface area contributed by atoms with Crippen LogP contribution in [-0.4, -0.2) is 56.6 Å². The predicted octanol–water partition coefficient (Wildman–Crippen LogP) is 0.283. The van der Waals surface area contributed by atoms with Crippen molar-refractivity contribution in [3.8, 4) is 0 Å². The topological polar surface area (TPSA) is 100 Å². The van der Waals surface area contributed by atoms with Crippen molar-refractivity contribution < 1.29 is 14.4 Å². The van der Waals surface area contributed by atoms with E-state index in [4.69, 9.17) is 9.26 Å². The standard InChI is InChI=1S/C14H21N5O3/c1-9-3-11(17-16-9)4-10-5-19(6-12(10)20)7-14-15-13(8-21-2)18-22-14/h3,10,12,20H,4-8H2,1-2H3,(H,16,17)/t10-,12+/m1/s1. The SMILES string of the molecule is COCc1noc(CN2C[C@@H](Cc3cc(C)[nH]n3)[C@@H](O)C2)n1. The molecule has 0 aromatic carbocycles. The Morgan fingerprint density at radius 3 is 3.09 bits per heavy atom. The molecule has 0 saturated carbocycles. The van der Waals surface area contributed by atoms with Crippen molar-refractivity contribution in [3.05, 3.63) is 29.2 Å². The molecule has 2 N–H and O–H groups in total. The van der Waals surface area contributed by atoms with Gasteiger partial charge in [0, 0.05) is 31.8 Å². The molecule has 0 radical (unpaired) electrons. The van der Waals surface area contributed by atoms with E-state index in [1.165, 1.54) is 0 Å². The van der Waals surface area contributed by atoms with E-state index in [0.717, 1.165) is 24.4 Å². The van der Waals surface area contributed by atoms with Crippen molar-refractivity contribution in [2.45, 2.75) is 32.6 Å². The molecule has 1 fully saturated rings. The van der Waals surface area contributed by atoms with Crippen LogP contribution in [0, 0.1) is 12.8 Å². The smallest absolute Gasteiger partial charge is 0.240 e. The molecule has 8 nitrogen and oxygen atoms in total. The summed E-state index contributed by atoms with van der Waals surface area (Å²) in [5, 5.41) is 21.2. The summed E-state index contributed by atoms with van der Waals surface area (Å²) in [6.07, 6.45) is 0.402. The summed E-state index contributed by atoms with van der Waals surface area (Å²) in [6, 6.07) is 2.02. The van der Waals surface area contributed by atoms with Crippen LogP contribution in [0.2, 0.25) is 0 Å². The van der Waals surface area contributed by atoms with Crippen LogP contribution in [-0.2, 0) is 24.3 Å². The maximum absolute atomic E-state index is 10.2. The quantitative estimate of drug-likeness (QED) is 0.790. The number of likely N-dealkylation sites (tertiary alicyclic amines) is 1. The third-order valence-corrected chi connectivity index (χ3v) is 3.85. The third-order valence-electron chi connectivity index (χ3n) is 3.85. The van der Waals surface area contributed by atoms with E-state index in [9.17, 15) is 5.11 Å². The molecule has 2 atom stereocenters. The molecule has 22 heavy (non-hydrogen) atoms. The minimum absolute atomic E-state index is 0.170. The van der Waals surface area contributed by atoms with E-state index in [2.05, 4.69) is 25.2 Å². The summed E-state index contributed by atoms with van der Waals surface area (Å²) < 4.78 is 10.2. The molecule has 1 aliphatic heterocycles. The second-order valence-corrected chi connectivity index (χ2v) is 5.81. The van der Waals surface area contributed by atoms with Gasteiger partial charge >= 0.3 is 0 Å². The minimum atomic E-state index is -0.363. The van der Waals surface area contributed by atoms with E-state index in [-0.39, 0.29) is 12.0 Å². The molecule has 1 aliphatic rings. The van der Waals surface area contributed by atoms with Crippen molar-refractivity contribution in [3.63, 3.8) is 0 Å². The van der Waals surface area contributed by atoms with Gasteiger partial charge in [-0.05, 0) is 19.4 Å². The lowest BCUT2D eigenvalue weighted by atomic mass is 10.0. The minimum Gasteiger partial charge on any atom is -0.391 e. The number of H-pyrrole nitrogens is 1. The highest BCUT2D eigenvalue weighted by Crippen LogP contribution is 2.22. The first kappa shape index (κ1) is 15.1. The van der Waals surface area contributed by atoms with Crippen molar-refractivity contribution in [1.82, 2.24) is 25.2 Å². The van der Waals surface area contributed by atoms with Gasteiger partial charge in [0.25, 0.3) is 0 Å². The Hall–Kier alpha value is -1.77. The van der Waals surface area contributed by atoms with Gasteiger partial charge in [0.15, 0.2) is 5.82 Å². The van der Waals surface area contributed by atoms with Gasteiger partial charge in [-0.15, -0.1) is 0 Å². The van der Waals surface area contributed by atoms with Crippen LogP contribution in [0.4, 0.5) is 0 Å². The largest absolute Gasteiger partial charge is 0.391 e. The number of aliphatic hydroxyl groups is 1. The van der Waals surface area contributed by atoms with Crippen molar-refractivity contribution in [1.29, 1.82) is 0 Å². The van der Waals surface area contributed by atoms with Gasteiger partial charge in [-0.2, -0.15) is 10.1 Å². The molecule has 0 bridgehead atoms. The molecule has 3 rings (SSSR count). The summed E-state index contributed by atoms with van der Waals surface area (Å²) in [5.74, 6) is 1.26. The van der Waals surface area contributed by atoms with E-state index < -0.39 is 0 Å². The summed E-state index contributed by atoms with van der Waals surface area (Å²) in [6.45, 7) is 4.25. The monoisotopic (exact) mass is 307 g/mol. The Bertz CT molecular complexity index is 611. The van der Waals surface area contributed by atoms with E-state index in [1.54, 1.807) is 7.11 Å². The Morgan fingerprint density at radius 2 is 2.36 bits per heavy atom. The van der Waals surface area contributed by atoms with Crippen LogP contribution < -0.4 is 0 Å². The highest BCUT2D eigenvalue weighted by atomic mass is 16.5. The Morgan fingerprint density at radius 1 is 1.50 bits per heavy atom. The highest BCUT2D eigenvalue weighted by molar-refractivity contribution is 5.08. The molecular formula is C14H21N5O3. The first-order chi connectivity index (χ1) is 10.6. The molecule has 0 unspecified atom stereocenters. The molecule has 2 aromatic rings. The molecule has 120 valence electrons. The first-order valence-electron chi connectivity index (χ1n) is 7.35. The number of nitrogens with one attached hydrogen (secondary N) is 1. The number of aromatic amines is 1. The molecule has 8 heteroatoms. The van der Waals surface area contributed by atoms with Crippen molar-refractivity contribution in [2.75, 3.05) is 20.2 Å². The van der Waals surface area contributed by atoms with E-state index >= 15 is 0 Å². The van der Waals surface area contributed by atoms with Crippen LogP contribution in [0.25, 0.3) is 0 Å². The van der Waals surface area contributed by atoms with Gasteiger partial charge in [0.2, 0.25) is 5.89 Å². The molecule has 0 spiro atoms. The number of aromatic nitrogens is 4. The normalized spacial score (nSPS) is 22.5. The van der Waals surface area contributed by atoms with Gasteiger partial charge in [-0.1, -0.05) is 5.16 Å². The second kappa shape index (κ2) is 6.55. The maximum atomic E-state index is 10.2. The predicted molar refractivity (Wildman–Crippen MR) is 76.8 cm³/mol. The Kier molecular flexibility index (Phi) is 4.51. The lowest BCUT2D eigenvalue weighted by Gasteiger charge is -2.12. The van der Waals surface area contributed by atoms with Crippen molar-refractivity contribution in [2.24, 2.45) is 5.92 Å². The summed E-state index contributed by atoms with van der Waals surface area (Å²) in [7, 11) is 1.59. The summed E-state index contributed by atoms with van der Waals surface area (Å²) in [4.78, 5) is 6.38. The van der Waals surface area contributed by atoms with Crippen LogP contribution in [0.5, 0.6) is 0 Å². The lowest BCUT2D eigenvalue weighted by molar-refractivity contribution is 0.139. The van der Waals surface area contributed by atoms with Crippen LogP contribution in [0.3, 0.4) is 0 Å². The number of hydrogen-bond acceptors (Lipinski definition) is 7. The summed E-state index contributed by atoms with van der Waals surface area (Å²) in [5.41, 5.74) is 2.03. The molecular weight excluding hydrogens is 286 g/mol. The number of methoxy groups -OCH3 is 1. The molecule has 3 heterocycles.